The third-order valence-electron chi connectivity index (χ3n) is 6.90. The van der Waals surface area contributed by atoms with Crippen LogP contribution in [0.3, 0.4) is 0 Å². The molecule has 270 valence electrons. The second-order valence-electron chi connectivity index (χ2n) is 13.5. The van der Waals surface area contributed by atoms with Gasteiger partial charge in [-0.25, -0.2) is 19.6 Å². The van der Waals surface area contributed by atoms with E-state index in [-0.39, 0.29) is 31.7 Å². The molecule has 0 aromatic carbocycles. The normalized spacial score (nSPS) is 17.8. The molecule has 6 rings (SSSR count). The van der Waals surface area contributed by atoms with Crippen LogP contribution >= 0.6 is 11.8 Å². The Morgan fingerprint density at radius 3 is 1.98 bits per heavy atom. The number of hydrogen-bond acceptors (Lipinski definition) is 13. The molecular weight excluding hydrogens is 648 g/mol. The Balaban J connectivity index is 0.000000214. The minimum Gasteiger partial charge on any atom is -0.444 e. The monoisotopic (exact) mass is 700 g/mol. The number of hydrogen-bond donors (Lipinski definition) is 3. The van der Waals surface area contributed by atoms with E-state index < -0.39 is 11.2 Å². The van der Waals surface area contributed by atoms with Gasteiger partial charge in [0.2, 0.25) is 5.65 Å². The maximum absolute atomic E-state index is 11.9. The van der Waals surface area contributed by atoms with Crippen LogP contribution in [-0.2, 0) is 9.47 Å². The summed E-state index contributed by atoms with van der Waals surface area (Å²) in [6.07, 6.45) is 8.63. The Morgan fingerprint density at radius 1 is 0.878 bits per heavy atom. The van der Waals surface area contributed by atoms with Crippen LogP contribution in [0.1, 0.15) is 74.7 Å². The van der Waals surface area contributed by atoms with Crippen molar-refractivity contribution in [1.29, 1.82) is 0 Å². The number of ether oxygens (including phenoxy) is 2. The van der Waals surface area contributed by atoms with Gasteiger partial charge in [-0.05, 0) is 104 Å². The van der Waals surface area contributed by atoms with Gasteiger partial charge in [0.25, 0.3) is 11.2 Å². The maximum Gasteiger partial charge on any atom is 0.407 e. The largest absolute Gasteiger partial charge is 0.444 e. The van der Waals surface area contributed by atoms with Crippen molar-refractivity contribution in [2.75, 3.05) is 37.3 Å². The van der Waals surface area contributed by atoms with Crippen molar-refractivity contribution >= 4 is 52.4 Å². The fourth-order valence-corrected chi connectivity index (χ4v) is 5.27. The molecular formula is C34H52N8O6S. The second kappa shape index (κ2) is 18.0. The van der Waals surface area contributed by atoms with E-state index in [4.69, 9.17) is 18.3 Å². The quantitative estimate of drug-likeness (QED) is 0.196. The van der Waals surface area contributed by atoms with E-state index in [1.165, 1.54) is 11.8 Å². The number of aromatic nitrogens is 4. The molecule has 2 aliphatic heterocycles. The Bertz CT molecular complexity index is 1540. The molecule has 6 heterocycles. The SMILES string of the molecule is C.CC(C)(C)OC(=O)NC1CCCN(c2nc3ncccc3o2)C1.CC(C)(C)OC(=O)NC1CCCNC1.CSc1nc2ncccc2o1. The molecule has 0 bridgehead atoms. The fourth-order valence-electron chi connectivity index (χ4n) is 4.92. The molecule has 0 aliphatic carbocycles. The lowest BCUT2D eigenvalue weighted by atomic mass is 10.1. The topological polar surface area (TPSA) is 170 Å². The summed E-state index contributed by atoms with van der Waals surface area (Å²) in [5, 5.41) is 9.67. The molecule has 15 heteroatoms. The highest BCUT2D eigenvalue weighted by molar-refractivity contribution is 7.98. The van der Waals surface area contributed by atoms with Crippen molar-refractivity contribution in [2.24, 2.45) is 0 Å². The van der Waals surface area contributed by atoms with E-state index in [0.717, 1.165) is 50.9 Å². The van der Waals surface area contributed by atoms with Crippen LogP contribution in [0.15, 0.2) is 50.7 Å². The van der Waals surface area contributed by atoms with E-state index in [1.807, 2.05) is 77.0 Å². The van der Waals surface area contributed by atoms with Crippen LogP contribution in [0.25, 0.3) is 22.5 Å². The van der Waals surface area contributed by atoms with Gasteiger partial charge in [-0.2, -0.15) is 9.97 Å². The number of carbonyl (C=O) groups is 2. The van der Waals surface area contributed by atoms with Gasteiger partial charge in [-0.15, -0.1) is 0 Å². The van der Waals surface area contributed by atoms with Crippen molar-refractivity contribution < 1.29 is 27.9 Å². The van der Waals surface area contributed by atoms with Gasteiger partial charge in [0.05, 0.1) is 0 Å². The fraction of sp³-hybridized carbons (Fsp3) is 0.588. The van der Waals surface area contributed by atoms with Crippen molar-refractivity contribution in [3.8, 4) is 0 Å². The summed E-state index contributed by atoms with van der Waals surface area (Å²) in [5.41, 5.74) is 1.79. The Morgan fingerprint density at radius 2 is 1.45 bits per heavy atom. The van der Waals surface area contributed by atoms with E-state index in [1.54, 1.807) is 12.4 Å². The average molecular weight is 701 g/mol. The lowest BCUT2D eigenvalue weighted by molar-refractivity contribution is 0.0486. The highest BCUT2D eigenvalue weighted by Crippen LogP contribution is 2.24. The molecule has 14 nitrogen and oxygen atoms in total. The predicted molar refractivity (Wildman–Crippen MR) is 192 cm³/mol. The molecule has 3 N–H and O–H groups in total. The number of pyridine rings is 2. The van der Waals surface area contributed by atoms with Crippen LogP contribution in [0, 0.1) is 0 Å². The first kappa shape index (κ1) is 39.3. The highest BCUT2D eigenvalue weighted by Gasteiger charge is 2.27. The van der Waals surface area contributed by atoms with Gasteiger partial charge in [-0.1, -0.05) is 19.2 Å². The molecule has 0 spiro atoms. The van der Waals surface area contributed by atoms with Crippen LogP contribution in [0.4, 0.5) is 15.6 Å². The molecule has 2 fully saturated rings. The van der Waals surface area contributed by atoms with Gasteiger partial charge >= 0.3 is 12.2 Å². The third kappa shape index (κ3) is 13.4. The number of alkyl carbamates (subject to hydrolysis) is 2. The zero-order valence-corrected chi connectivity index (χ0v) is 29.7. The van der Waals surface area contributed by atoms with Crippen molar-refractivity contribution in [3.05, 3.63) is 36.7 Å². The zero-order chi connectivity index (χ0) is 34.7. The molecule has 2 amide bonds. The lowest BCUT2D eigenvalue weighted by Gasteiger charge is -2.32. The number of anilines is 1. The van der Waals surface area contributed by atoms with Gasteiger partial charge < -0.3 is 39.2 Å². The predicted octanol–water partition coefficient (Wildman–Crippen LogP) is 6.56. The van der Waals surface area contributed by atoms with Crippen LogP contribution in [0.2, 0.25) is 0 Å². The van der Waals surface area contributed by atoms with Crippen LogP contribution in [-0.4, -0.2) is 87.8 Å². The number of oxazole rings is 2. The molecule has 0 radical (unpaired) electrons. The van der Waals surface area contributed by atoms with E-state index in [9.17, 15) is 9.59 Å². The number of rotatable bonds is 4. The molecule has 4 aromatic heterocycles. The molecule has 4 aromatic rings. The molecule has 2 atom stereocenters. The Labute approximate surface area is 292 Å². The third-order valence-corrected chi connectivity index (χ3v) is 7.43. The summed E-state index contributed by atoms with van der Waals surface area (Å²) < 4.78 is 21.5. The minimum absolute atomic E-state index is 0. The van der Waals surface area contributed by atoms with E-state index in [2.05, 4.69) is 35.9 Å². The van der Waals surface area contributed by atoms with Crippen molar-refractivity contribution in [2.45, 2.75) is 103 Å². The van der Waals surface area contributed by atoms with Crippen molar-refractivity contribution in [1.82, 2.24) is 35.9 Å². The highest BCUT2D eigenvalue weighted by atomic mass is 32.2. The smallest absolute Gasteiger partial charge is 0.407 e. The summed E-state index contributed by atoms with van der Waals surface area (Å²) in [6, 6.07) is 8.14. The average Bonchev–Trinajstić information content (AvgIpc) is 3.65. The number of thioether (sulfide) groups is 1. The number of nitrogens with one attached hydrogen (secondary N) is 3. The number of piperidine rings is 2. The summed E-state index contributed by atoms with van der Waals surface area (Å²) in [6.45, 7) is 14.5. The van der Waals surface area contributed by atoms with Crippen molar-refractivity contribution in [3.63, 3.8) is 0 Å². The first-order valence-electron chi connectivity index (χ1n) is 16.2. The lowest BCUT2D eigenvalue weighted by Crippen LogP contribution is -2.49. The van der Waals surface area contributed by atoms with Gasteiger partial charge in [0.1, 0.15) is 11.2 Å². The number of carbonyl (C=O) groups excluding carboxylic acids is 2. The van der Waals surface area contributed by atoms with Gasteiger partial charge in [-0.3, -0.25) is 0 Å². The number of fused-ring (bicyclic) bond motifs is 2. The standard InChI is InChI=1S/C16H22N4O3.C10H20N2O2.C7H6N2OS.CH4/c1-16(2,3)23-15(21)18-11-6-5-9-20(10-11)14-19-13-12(22-14)7-4-8-17-13;1-10(2,3)14-9(13)12-8-5-4-6-11-7-8;1-11-7-9-6-5(10-7)3-2-4-8-6;/h4,7-8,11H,5-6,9-10H2,1-3H3,(H,18,21);8,11H,4-7H2,1-3H3,(H,12,13);2-4H,1H3;1H4. The minimum atomic E-state index is -0.496. The second-order valence-corrected chi connectivity index (χ2v) is 14.2. The van der Waals surface area contributed by atoms with E-state index >= 15 is 0 Å². The zero-order valence-electron chi connectivity index (χ0n) is 28.9. The van der Waals surface area contributed by atoms with Gasteiger partial charge in [0, 0.05) is 44.1 Å². The Hall–Kier alpha value is -4.11. The van der Waals surface area contributed by atoms with Crippen LogP contribution in [0.5, 0.6) is 0 Å². The Kier molecular flexibility index (Phi) is 14.5. The molecule has 49 heavy (non-hydrogen) atoms. The maximum atomic E-state index is 11.9. The molecule has 2 unspecified atom stereocenters. The first-order chi connectivity index (χ1) is 22.8. The summed E-state index contributed by atoms with van der Waals surface area (Å²) in [4.78, 5) is 42.1. The van der Waals surface area contributed by atoms with Gasteiger partial charge in [0.15, 0.2) is 16.8 Å². The summed E-state index contributed by atoms with van der Waals surface area (Å²) in [7, 11) is 0. The molecule has 2 aliphatic rings. The molecule has 0 saturated carbocycles. The van der Waals surface area contributed by atoms with E-state index in [0.29, 0.717) is 34.7 Å². The summed E-state index contributed by atoms with van der Waals surface area (Å²) in [5.74, 6) is 0. The first-order valence-corrected chi connectivity index (χ1v) is 17.4. The van der Waals surface area contributed by atoms with Crippen LogP contribution < -0.4 is 20.9 Å². The summed E-state index contributed by atoms with van der Waals surface area (Å²) >= 11 is 1.48. The number of nitrogens with zero attached hydrogens (tertiary/aromatic N) is 5. The number of amides is 2. The molecule has 2 saturated heterocycles.